The van der Waals surface area contributed by atoms with Crippen molar-refractivity contribution in [2.75, 3.05) is 23.9 Å². The average molecular weight is 448 g/mol. The summed E-state index contributed by atoms with van der Waals surface area (Å²) < 4.78 is 7.15. The topological polar surface area (TPSA) is 88.3 Å². The largest absolute Gasteiger partial charge is 0.482 e. The number of hydrogen-bond donors (Lipinski definition) is 1. The van der Waals surface area contributed by atoms with Gasteiger partial charge in [0.2, 0.25) is 4.80 Å². The fraction of sp³-hybridized carbons (Fsp3) is 0.217. The third-order valence-electron chi connectivity index (χ3n) is 5.34. The molecule has 2 amide bonds. The molecule has 9 heteroatoms. The minimum Gasteiger partial charge on any atom is -0.482 e. The summed E-state index contributed by atoms with van der Waals surface area (Å²) in [6, 6.07) is 13.2. The van der Waals surface area contributed by atoms with E-state index >= 15 is 0 Å². The van der Waals surface area contributed by atoms with Crippen LogP contribution in [0.15, 0.2) is 57.9 Å². The molecule has 32 heavy (non-hydrogen) atoms. The molecule has 1 N–H and O–H groups in total. The molecule has 0 saturated heterocycles. The van der Waals surface area contributed by atoms with Gasteiger partial charge in [0.15, 0.2) is 12.3 Å². The van der Waals surface area contributed by atoms with Gasteiger partial charge in [-0.05, 0) is 38.1 Å². The summed E-state index contributed by atoms with van der Waals surface area (Å²) in [7, 11) is 1.69. The van der Waals surface area contributed by atoms with Gasteiger partial charge in [0.1, 0.15) is 5.75 Å². The molecule has 3 aromatic rings. The lowest BCUT2D eigenvalue weighted by atomic mass is 10.1. The Morgan fingerprint density at radius 2 is 1.97 bits per heavy atom. The number of aromatic nitrogens is 1. The summed E-state index contributed by atoms with van der Waals surface area (Å²) in [5, 5.41) is 9.55. The van der Waals surface area contributed by atoms with Gasteiger partial charge in [-0.25, -0.2) is 4.68 Å². The molecule has 162 valence electrons. The van der Waals surface area contributed by atoms with E-state index in [-0.39, 0.29) is 24.5 Å². The van der Waals surface area contributed by atoms with Gasteiger partial charge in [0.05, 0.1) is 17.1 Å². The molecule has 0 radical (unpaired) electrons. The Hall–Kier alpha value is -3.72. The molecule has 0 unspecified atom stereocenters. The number of carbonyl (C=O) groups excluding carboxylic acids is 2. The molecular formula is C23H21N5O3S. The standard InChI is InChI=1S/C23H21N5O3S/c1-13(2)27-17-7-5-4-6-15(17)21(22(27)30)26-28-18(12-32-23(28)24-3)14-8-9-19-16(10-14)25-20(29)11-31-19/h4-10,12-13H,11H2,1-3H3,(H,25,29). The number of para-hydroxylation sites is 1. The normalized spacial score (nSPS) is 16.9. The van der Waals surface area contributed by atoms with Crippen LogP contribution in [0.4, 0.5) is 11.4 Å². The van der Waals surface area contributed by atoms with E-state index in [1.165, 1.54) is 11.3 Å². The van der Waals surface area contributed by atoms with Gasteiger partial charge in [-0.3, -0.25) is 14.6 Å². The minimum absolute atomic E-state index is 0.00267. The monoisotopic (exact) mass is 447 g/mol. The molecule has 8 nitrogen and oxygen atoms in total. The number of nitrogens with zero attached hydrogens (tertiary/aromatic N) is 4. The first kappa shape index (κ1) is 20.2. The predicted molar refractivity (Wildman–Crippen MR) is 124 cm³/mol. The molecule has 2 aliphatic rings. The van der Waals surface area contributed by atoms with E-state index in [4.69, 9.17) is 9.84 Å². The van der Waals surface area contributed by atoms with Crippen molar-refractivity contribution < 1.29 is 14.3 Å². The molecule has 0 atom stereocenters. The van der Waals surface area contributed by atoms with Crippen molar-refractivity contribution in [3.63, 3.8) is 0 Å². The number of thiazole rings is 1. The number of anilines is 2. The molecule has 0 spiro atoms. The van der Waals surface area contributed by atoms with Gasteiger partial charge in [-0.2, -0.15) is 5.10 Å². The van der Waals surface area contributed by atoms with Crippen molar-refractivity contribution in [3.8, 4) is 17.0 Å². The summed E-state index contributed by atoms with van der Waals surface area (Å²) in [6.07, 6.45) is 0. The van der Waals surface area contributed by atoms with E-state index in [1.54, 1.807) is 16.6 Å². The van der Waals surface area contributed by atoms with Crippen LogP contribution in [-0.2, 0) is 9.59 Å². The lowest BCUT2D eigenvalue weighted by Gasteiger charge is -2.21. The van der Waals surface area contributed by atoms with Gasteiger partial charge in [-0.1, -0.05) is 18.2 Å². The first-order chi connectivity index (χ1) is 15.5. The van der Waals surface area contributed by atoms with E-state index in [0.29, 0.717) is 21.9 Å². The van der Waals surface area contributed by atoms with E-state index in [9.17, 15) is 9.59 Å². The second kappa shape index (κ2) is 7.76. The number of amides is 2. The van der Waals surface area contributed by atoms with Crippen molar-refractivity contribution in [1.29, 1.82) is 0 Å². The van der Waals surface area contributed by atoms with Crippen LogP contribution in [0.3, 0.4) is 0 Å². The fourth-order valence-electron chi connectivity index (χ4n) is 3.92. The Morgan fingerprint density at radius 3 is 2.75 bits per heavy atom. The van der Waals surface area contributed by atoms with Gasteiger partial charge in [0.25, 0.3) is 11.8 Å². The number of ether oxygens (including phenoxy) is 1. The third-order valence-corrected chi connectivity index (χ3v) is 6.25. The molecule has 2 aliphatic heterocycles. The van der Waals surface area contributed by atoms with Crippen molar-refractivity contribution in [2.24, 2.45) is 10.1 Å². The van der Waals surface area contributed by atoms with E-state index < -0.39 is 0 Å². The van der Waals surface area contributed by atoms with Crippen LogP contribution in [0.25, 0.3) is 11.3 Å². The fourth-order valence-corrected chi connectivity index (χ4v) is 4.72. The van der Waals surface area contributed by atoms with Crippen molar-refractivity contribution >= 4 is 40.2 Å². The molecule has 3 heterocycles. The number of hydrogen-bond acceptors (Lipinski definition) is 6. The maximum atomic E-state index is 13.3. The minimum atomic E-state index is -0.195. The zero-order chi connectivity index (χ0) is 22.4. The van der Waals surface area contributed by atoms with Crippen molar-refractivity contribution in [3.05, 3.63) is 58.2 Å². The molecule has 2 aromatic carbocycles. The highest BCUT2D eigenvalue weighted by atomic mass is 32.1. The number of benzene rings is 2. The highest BCUT2D eigenvalue weighted by Gasteiger charge is 2.35. The smallest absolute Gasteiger partial charge is 0.279 e. The molecule has 0 bridgehead atoms. The molecule has 1 aromatic heterocycles. The summed E-state index contributed by atoms with van der Waals surface area (Å²) in [5.74, 6) is 0.285. The second-order valence-electron chi connectivity index (χ2n) is 7.72. The summed E-state index contributed by atoms with van der Waals surface area (Å²) in [5.41, 5.74) is 4.21. The first-order valence-electron chi connectivity index (χ1n) is 10.2. The highest BCUT2D eigenvalue weighted by molar-refractivity contribution is 7.07. The van der Waals surface area contributed by atoms with Crippen LogP contribution in [0.5, 0.6) is 5.75 Å². The van der Waals surface area contributed by atoms with Gasteiger partial charge < -0.3 is 15.0 Å². The van der Waals surface area contributed by atoms with E-state index in [0.717, 1.165) is 22.5 Å². The zero-order valence-corrected chi connectivity index (χ0v) is 18.6. The summed E-state index contributed by atoms with van der Waals surface area (Å²) in [6.45, 7) is 3.97. The number of fused-ring (bicyclic) bond motifs is 2. The van der Waals surface area contributed by atoms with Gasteiger partial charge in [-0.15, -0.1) is 11.3 Å². The second-order valence-corrected chi connectivity index (χ2v) is 8.56. The van der Waals surface area contributed by atoms with Crippen molar-refractivity contribution in [1.82, 2.24) is 4.68 Å². The molecular weight excluding hydrogens is 426 g/mol. The Labute approximate surface area is 188 Å². The predicted octanol–water partition coefficient (Wildman–Crippen LogP) is 3.09. The molecule has 0 saturated carbocycles. The number of nitrogens with one attached hydrogen (secondary N) is 1. The lowest BCUT2D eigenvalue weighted by Crippen LogP contribution is -2.36. The van der Waals surface area contributed by atoms with Crippen LogP contribution >= 0.6 is 11.3 Å². The average Bonchev–Trinajstić information content (AvgIpc) is 3.32. The van der Waals surface area contributed by atoms with Crippen molar-refractivity contribution in [2.45, 2.75) is 19.9 Å². The van der Waals surface area contributed by atoms with E-state index in [2.05, 4.69) is 10.3 Å². The third kappa shape index (κ3) is 3.21. The number of carbonyl (C=O) groups is 2. The van der Waals surface area contributed by atoms with E-state index in [1.807, 2.05) is 61.7 Å². The Kier molecular flexibility index (Phi) is 4.90. The SMILES string of the molecule is CN=c1scc(-c2ccc3c(c2)NC(=O)CO3)n1N=C1C(=O)N(C(C)C)c2ccccc21. The maximum Gasteiger partial charge on any atom is 0.279 e. The highest BCUT2D eigenvalue weighted by Crippen LogP contribution is 2.34. The van der Waals surface area contributed by atoms with Gasteiger partial charge >= 0.3 is 0 Å². The Bertz CT molecular complexity index is 1350. The summed E-state index contributed by atoms with van der Waals surface area (Å²) in [4.78, 5) is 31.8. The maximum absolute atomic E-state index is 13.3. The Balaban J connectivity index is 1.66. The van der Waals surface area contributed by atoms with Crippen LogP contribution in [0.2, 0.25) is 0 Å². The number of rotatable bonds is 3. The first-order valence-corrected chi connectivity index (χ1v) is 11.1. The molecule has 0 fully saturated rings. The van der Waals surface area contributed by atoms with Crippen LogP contribution in [0, 0.1) is 0 Å². The molecule has 5 rings (SSSR count). The Morgan fingerprint density at radius 1 is 1.16 bits per heavy atom. The zero-order valence-electron chi connectivity index (χ0n) is 17.8. The summed E-state index contributed by atoms with van der Waals surface area (Å²) >= 11 is 1.43. The lowest BCUT2D eigenvalue weighted by molar-refractivity contribution is -0.118. The van der Waals surface area contributed by atoms with Crippen LogP contribution in [-0.4, -0.2) is 41.9 Å². The van der Waals surface area contributed by atoms with Crippen LogP contribution < -0.4 is 19.8 Å². The quantitative estimate of drug-likeness (QED) is 0.669. The van der Waals surface area contributed by atoms with Crippen LogP contribution in [0.1, 0.15) is 19.4 Å². The molecule has 0 aliphatic carbocycles. The van der Waals surface area contributed by atoms with Gasteiger partial charge in [0, 0.05) is 29.6 Å².